The Labute approximate surface area is 114 Å². The molecule has 0 radical (unpaired) electrons. The van der Waals surface area contributed by atoms with Gasteiger partial charge in [0.2, 0.25) is 5.91 Å². The van der Waals surface area contributed by atoms with Gasteiger partial charge in [-0.1, -0.05) is 32.0 Å². The lowest BCUT2D eigenvalue weighted by molar-refractivity contribution is -0.137. The molecule has 0 heterocycles. The van der Waals surface area contributed by atoms with Gasteiger partial charge in [-0.15, -0.1) is 0 Å². The van der Waals surface area contributed by atoms with E-state index >= 15 is 0 Å². The van der Waals surface area contributed by atoms with Crippen LogP contribution >= 0.6 is 0 Å². The summed E-state index contributed by atoms with van der Waals surface area (Å²) in [4.78, 5) is 24.7. The van der Waals surface area contributed by atoms with Crippen LogP contribution in [0.3, 0.4) is 0 Å². The van der Waals surface area contributed by atoms with Crippen LogP contribution in [0.4, 0.5) is 5.69 Å². The first-order valence-electron chi connectivity index (χ1n) is 6.48. The fourth-order valence-corrected chi connectivity index (χ4v) is 2.05. The van der Waals surface area contributed by atoms with Gasteiger partial charge in [0.1, 0.15) is 0 Å². The molecule has 1 N–H and O–H groups in total. The van der Waals surface area contributed by atoms with Crippen molar-refractivity contribution in [1.82, 2.24) is 0 Å². The van der Waals surface area contributed by atoms with E-state index < -0.39 is 5.97 Å². The molecule has 0 fully saturated rings. The van der Waals surface area contributed by atoms with Crippen molar-refractivity contribution in [2.75, 3.05) is 11.9 Å². The summed E-state index contributed by atoms with van der Waals surface area (Å²) in [5.74, 6) is -1.03. The SMILES string of the molecule is CC(C)C(CCC(=O)O)C(=O)N(C)c1ccccc1. The molecule has 1 amide bonds. The molecule has 1 aromatic carbocycles. The van der Waals surface area contributed by atoms with Gasteiger partial charge in [0.15, 0.2) is 0 Å². The highest BCUT2D eigenvalue weighted by Crippen LogP contribution is 2.22. The van der Waals surface area contributed by atoms with Crippen molar-refractivity contribution in [1.29, 1.82) is 0 Å². The Morgan fingerprint density at radius 3 is 2.26 bits per heavy atom. The Bertz CT molecular complexity index is 428. The van der Waals surface area contributed by atoms with Gasteiger partial charge < -0.3 is 10.0 Å². The van der Waals surface area contributed by atoms with Gasteiger partial charge in [0.05, 0.1) is 0 Å². The molecule has 19 heavy (non-hydrogen) atoms. The van der Waals surface area contributed by atoms with Crippen molar-refractivity contribution in [3.05, 3.63) is 30.3 Å². The maximum Gasteiger partial charge on any atom is 0.303 e. The van der Waals surface area contributed by atoms with Gasteiger partial charge in [0, 0.05) is 25.1 Å². The molecule has 1 atom stereocenters. The molecule has 0 aliphatic carbocycles. The smallest absolute Gasteiger partial charge is 0.303 e. The van der Waals surface area contributed by atoms with Gasteiger partial charge in [-0.25, -0.2) is 0 Å². The number of carboxylic acids is 1. The minimum Gasteiger partial charge on any atom is -0.481 e. The lowest BCUT2D eigenvalue weighted by Crippen LogP contribution is -2.35. The van der Waals surface area contributed by atoms with Gasteiger partial charge >= 0.3 is 5.97 Å². The number of carbonyl (C=O) groups excluding carboxylic acids is 1. The molecular formula is C15H21NO3. The second kappa shape index (κ2) is 6.92. The number of anilines is 1. The number of carboxylic acid groups (broad SMARTS) is 1. The van der Waals surface area contributed by atoms with E-state index in [1.165, 1.54) is 0 Å². The molecule has 1 unspecified atom stereocenters. The lowest BCUT2D eigenvalue weighted by atomic mass is 9.89. The van der Waals surface area contributed by atoms with E-state index in [-0.39, 0.29) is 24.2 Å². The summed E-state index contributed by atoms with van der Waals surface area (Å²) in [5, 5.41) is 8.76. The number of nitrogens with zero attached hydrogens (tertiary/aromatic N) is 1. The Kier molecular flexibility index (Phi) is 5.55. The number of hydrogen-bond acceptors (Lipinski definition) is 2. The summed E-state index contributed by atoms with van der Waals surface area (Å²) < 4.78 is 0. The van der Waals surface area contributed by atoms with E-state index in [0.29, 0.717) is 6.42 Å². The number of carbonyl (C=O) groups is 2. The molecule has 0 aromatic heterocycles. The zero-order valence-electron chi connectivity index (χ0n) is 11.7. The molecule has 0 aliphatic heterocycles. The van der Waals surface area contributed by atoms with Crippen LogP contribution in [0.15, 0.2) is 30.3 Å². The predicted molar refractivity (Wildman–Crippen MR) is 75.0 cm³/mol. The van der Waals surface area contributed by atoms with Gasteiger partial charge in [0.25, 0.3) is 0 Å². The molecule has 1 rings (SSSR count). The minimum absolute atomic E-state index is 0.0250. The lowest BCUT2D eigenvalue weighted by Gasteiger charge is -2.26. The number of hydrogen-bond donors (Lipinski definition) is 1. The van der Waals surface area contributed by atoms with Crippen molar-refractivity contribution < 1.29 is 14.7 Å². The van der Waals surface area contributed by atoms with Crippen molar-refractivity contribution in [3.8, 4) is 0 Å². The molecule has 4 nitrogen and oxygen atoms in total. The first kappa shape index (κ1) is 15.2. The van der Waals surface area contributed by atoms with E-state index in [9.17, 15) is 9.59 Å². The number of benzene rings is 1. The van der Waals surface area contributed by atoms with Gasteiger partial charge in [-0.05, 0) is 24.5 Å². The Balaban J connectivity index is 2.79. The standard InChI is InChI=1S/C15H21NO3/c1-11(2)13(9-10-14(17)18)15(19)16(3)12-7-5-4-6-8-12/h4-8,11,13H,9-10H2,1-3H3,(H,17,18). The van der Waals surface area contributed by atoms with Crippen LogP contribution in [0.25, 0.3) is 0 Å². The maximum atomic E-state index is 12.4. The number of amides is 1. The zero-order chi connectivity index (χ0) is 14.4. The molecule has 1 aromatic rings. The van der Waals surface area contributed by atoms with Crippen LogP contribution in [0.2, 0.25) is 0 Å². The number of aliphatic carboxylic acids is 1. The molecule has 0 aliphatic rings. The minimum atomic E-state index is -0.860. The first-order valence-corrected chi connectivity index (χ1v) is 6.48. The topological polar surface area (TPSA) is 57.6 Å². The average molecular weight is 263 g/mol. The summed E-state index contributed by atoms with van der Waals surface area (Å²) >= 11 is 0. The number of para-hydroxylation sites is 1. The predicted octanol–water partition coefficient (Wildman–Crippen LogP) is 2.79. The second-order valence-corrected chi connectivity index (χ2v) is 5.02. The summed E-state index contributed by atoms with van der Waals surface area (Å²) in [5.41, 5.74) is 0.827. The van der Waals surface area contributed by atoms with Crippen LogP contribution in [0, 0.1) is 11.8 Å². The van der Waals surface area contributed by atoms with Gasteiger partial charge in [-0.2, -0.15) is 0 Å². The largest absolute Gasteiger partial charge is 0.481 e. The Hall–Kier alpha value is -1.84. The Morgan fingerprint density at radius 1 is 1.21 bits per heavy atom. The number of rotatable bonds is 6. The summed E-state index contributed by atoms with van der Waals surface area (Å²) in [6, 6.07) is 9.38. The third kappa shape index (κ3) is 4.39. The quantitative estimate of drug-likeness (QED) is 0.858. The summed E-state index contributed by atoms with van der Waals surface area (Å²) in [6.07, 6.45) is 0.403. The molecule has 0 bridgehead atoms. The van der Waals surface area contributed by atoms with Crippen molar-refractivity contribution >= 4 is 17.6 Å². The van der Waals surface area contributed by atoms with Crippen molar-refractivity contribution in [2.45, 2.75) is 26.7 Å². The molecule has 0 saturated heterocycles. The second-order valence-electron chi connectivity index (χ2n) is 5.02. The average Bonchev–Trinajstić information content (AvgIpc) is 2.38. The van der Waals surface area contributed by atoms with E-state index in [2.05, 4.69) is 0 Å². The summed E-state index contributed by atoms with van der Waals surface area (Å²) in [7, 11) is 1.73. The molecular weight excluding hydrogens is 242 g/mol. The highest BCUT2D eigenvalue weighted by molar-refractivity contribution is 5.94. The Morgan fingerprint density at radius 2 is 1.79 bits per heavy atom. The fourth-order valence-electron chi connectivity index (χ4n) is 2.05. The van der Waals surface area contributed by atoms with Crippen molar-refractivity contribution in [3.63, 3.8) is 0 Å². The van der Waals surface area contributed by atoms with E-state index in [1.54, 1.807) is 11.9 Å². The van der Waals surface area contributed by atoms with Gasteiger partial charge in [-0.3, -0.25) is 9.59 Å². The van der Waals surface area contributed by atoms with Crippen LogP contribution in [0.5, 0.6) is 0 Å². The highest BCUT2D eigenvalue weighted by atomic mass is 16.4. The van der Waals surface area contributed by atoms with E-state index in [4.69, 9.17) is 5.11 Å². The maximum absolute atomic E-state index is 12.4. The third-order valence-electron chi connectivity index (χ3n) is 3.27. The van der Waals surface area contributed by atoms with Crippen LogP contribution in [-0.4, -0.2) is 24.0 Å². The first-order chi connectivity index (χ1) is 8.93. The zero-order valence-corrected chi connectivity index (χ0v) is 11.7. The summed E-state index contributed by atoms with van der Waals surface area (Å²) in [6.45, 7) is 3.90. The van der Waals surface area contributed by atoms with Crippen molar-refractivity contribution in [2.24, 2.45) is 11.8 Å². The monoisotopic (exact) mass is 263 g/mol. The molecule has 4 heteroatoms. The molecule has 104 valence electrons. The molecule has 0 saturated carbocycles. The fraction of sp³-hybridized carbons (Fsp3) is 0.467. The van der Waals surface area contributed by atoms with Crippen LogP contribution in [0.1, 0.15) is 26.7 Å². The van der Waals surface area contributed by atoms with E-state index in [1.807, 2.05) is 44.2 Å². The van der Waals surface area contributed by atoms with E-state index in [0.717, 1.165) is 5.69 Å². The van der Waals surface area contributed by atoms with Crippen LogP contribution in [-0.2, 0) is 9.59 Å². The molecule has 0 spiro atoms. The van der Waals surface area contributed by atoms with Crippen LogP contribution < -0.4 is 4.90 Å². The normalized spacial score (nSPS) is 12.2. The highest BCUT2D eigenvalue weighted by Gasteiger charge is 2.26. The third-order valence-corrected chi connectivity index (χ3v) is 3.27.